The highest BCUT2D eigenvalue weighted by atomic mass is 19.1. The lowest BCUT2D eigenvalue weighted by molar-refractivity contribution is -0.119. The van der Waals surface area contributed by atoms with Gasteiger partial charge in [-0.25, -0.2) is 4.39 Å². The molecule has 2 aliphatic rings. The van der Waals surface area contributed by atoms with Crippen LogP contribution in [0.1, 0.15) is 63.5 Å². The molecule has 1 aromatic carbocycles. The number of fused-ring (bicyclic) bond motifs is 1. The number of nitrogens with one attached hydrogen (secondary N) is 1. The molecule has 1 aliphatic heterocycles. The van der Waals surface area contributed by atoms with Crippen LogP contribution in [0.2, 0.25) is 0 Å². The Hall–Kier alpha value is -1.95. The van der Waals surface area contributed by atoms with Gasteiger partial charge in [0.05, 0.1) is 5.69 Å². The van der Waals surface area contributed by atoms with E-state index in [4.69, 9.17) is 4.52 Å². The third kappa shape index (κ3) is 4.54. The SMILES string of the molecule is CC(=O)NC1CCC(CCN2CCC(c3noc4ccc(F)cc34)CC2)CC1. The average Bonchev–Trinajstić information content (AvgIpc) is 3.10. The summed E-state index contributed by atoms with van der Waals surface area (Å²) in [6, 6.07) is 5.01. The van der Waals surface area contributed by atoms with Crippen molar-refractivity contribution in [1.29, 1.82) is 0 Å². The molecule has 0 radical (unpaired) electrons. The van der Waals surface area contributed by atoms with Crippen LogP contribution >= 0.6 is 0 Å². The Labute approximate surface area is 165 Å². The number of piperidine rings is 1. The van der Waals surface area contributed by atoms with Crippen LogP contribution in [-0.2, 0) is 4.79 Å². The average molecular weight is 387 g/mol. The molecule has 0 unspecified atom stereocenters. The van der Waals surface area contributed by atoms with Crippen molar-refractivity contribution < 1.29 is 13.7 Å². The van der Waals surface area contributed by atoms with Gasteiger partial charge >= 0.3 is 0 Å². The molecule has 2 fully saturated rings. The van der Waals surface area contributed by atoms with Crippen LogP contribution in [0.5, 0.6) is 0 Å². The standard InChI is InChI=1S/C22H30FN3O2/c1-15(27)24-19-5-2-16(3-6-19)8-11-26-12-9-17(10-13-26)22-20-14-18(23)4-7-21(20)28-25-22/h4,7,14,16-17,19H,2-3,5-6,8-13H2,1H3,(H,24,27). The lowest BCUT2D eigenvalue weighted by Crippen LogP contribution is -2.37. The fourth-order valence-electron chi connectivity index (χ4n) is 4.90. The Bertz CT molecular complexity index is 805. The summed E-state index contributed by atoms with van der Waals surface area (Å²) in [5.74, 6) is 0.995. The molecular weight excluding hydrogens is 357 g/mol. The van der Waals surface area contributed by atoms with Crippen molar-refractivity contribution in [3.63, 3.8) is 0 Å². The third-order valence-corrected chi connectivity index (χ3v) is 6.54. The summed E-state index contributed by atoms with van der Waals surface area (Å²) in [6.45, 7) is 4.88. The fraction of sp³-hybridized carbons (Fsp3) is 0.636. The van der Waals surface area contributed by atoms with Crippen LogP contribution in [0, 0.1) is 11.7 Å². The second-order valence-electron chi connectivity index (χ2n) is 8.53. The minimum atomic E-state index is -0.234. The molecule has 1 saturated heterocycles. The van der Waals surface area contributed by atoms with Gasteiger partial charge in [-0.15, -0.1) is 0 Å². The number of carbonyl (C=O) groups excluding carboxylic acids is 1. The summed E-state index contributed by atoms with van der Waals surface area (Å²) in [5, 5.41) is 8.13. The molecule has 1 N–H and O–H groups in total. The quantitative estimate of drug-likeness (QED) is 0.834. The van der Waals surface area contributed by atoms with Gasteiger partial charge in [-0.1, -0.05) is 5.16 Å². The summed E-state index contributed by atoms with van der Waals surface area (Å²) in [6.07, 6.45) is 8.01. The van der Waals surface area contributed by atoms with Crippen LogP contribution in [0.3, 0.4) is 0 Å². The van der Waals surface area contributed by atoms with E-state index in [1.54, 1.807) is 19.1 Å². The molecule has 1 aromatic heterocycles. The van der Waals surface area contributed by atoms with Crippen molar-refractivity contribution in [3.8, 4) is 0 Å². The maximum atomic E-state index is 13.6. The van der Waals surface area contributed by atoms with E-state index in [2.05, 4.69) is 15.4 Å². The number of hydrogen-bond acceptors (Lipinski definition) is 4. The molecule has 2 aromatic rings. The highest BCUT2D eigenvalue weighted by Gasteiger charge is 2.26. The van der Waals surface area contributed by atoms with E-state index in [1.807, 2.05) is 0 Å². The molecular formula is C22H30FN3O2. The number of amides is 1. The number of benzene rings is 1. The maximum absolute atomic E-state index is 13.6. The van der Waals surface area contributed by atoms with Gasteiger partial charge in [-0.2, -0.15) is 0 Å². The lowest BCUT2D eigenvalue weighted by atomic mass is 9.83. The summed E-state index contributed by atoms with van der Waals surface area (Å²) in [7, 11) is 0. The zero-order valence-corrected chi connectivity index (χ0v) is 16.6. The first-order chi connectivity index (χ1) is 13.6. The smallest absolute Gasteiger partial charge is 0.217 e. The van der Waals surface area contributed by atoms with E-state index in [0.29, 0.717) is 17.5 Å². The van der Waals surface area contributed by atoms with Crippen LogP contribution < -0.4 is 5.32 Å². The van der Waals surface area contributed by atoms with Gasteiger partial charge in [-0.3, -0.25) is 4.79 Å². The van der Waals surface area contributed by atoms with Gasteiger partial charge in [0.2, 0.25) is 5.91 Å². The predicted molar refractivity (Wildman–Crippen MR) is 107 cm³/mol. The summed E-state index contributed by atoms with van der Waals surface area (Å²) < 4.78 is 19.0. The van der Waals surface area contributed by atoms with Gasteiger partial charge in [-0.05, 0) is 88.7 Å². The molecule has 1 amide bonds. The zero-order chi connectivity index (χ0) is 19.5. The van der Waals surface area contributed by atoms with E-state index in [1.165, 1.54) is 25.3 Å². The minimum Gasteiger partial charge on any atom is -0.356 e. The molecule has 0 atom stereocenters. The van der Waals surface area contributed by atoms with Crippen LogP contribution in [-0.4, -0.2) is 41.6 Å². The van der Waals surface area contributed by atoms with Crippen molar-refractivity contribution in [2.45, 2.75) is 63.8 Å². The molecule has 1 saturated carbocycles. The fourth-order valence-corrected chi connectivity index (χ4v) is 4.90. The molecule has 1 aliphatic carbocycles. The number of nitrogens with zero attached hydrogens (tertiary/aromatic N) is 2. The van der Waals surface area contributed by atoms with Gasteiger partial charge in [0, 0.05) is 24.3 Å². The van der Waals surface area contributed by atoms with Crippen LogP contribution in [0.15, 0.2) is 22.7 Å². The zero-order valence-electron chi connectivity index (χ0n) is 16.6. The molecule has 2 heterocycles. The third-order valence-electron chi connectivity index (χ3n) is 6.54. The van der Waals surface area contributed by atoms with Crippen molar-refractivity contribution >= 4 is 16.9 Å². The Morgan fingerprint density at radius 2 is 1.96 bits per heavy atom. The topological polar surface area (TPSA) is 58.4 Å². The van der Waals surface area contributed by atoms with Gasteiger partial charge < -0.3 is 14.7 Å². The predicted octanol–water partition coefficient (Wildman–Crippen LogP) is 4.23. The Kier molecular flexibility index (Phi) is 5.95. The number of carbonyl (C=O) groups is 1. The molecule has 28 heavy (non-hydrogen) atoms. The molecule has 4 rings (SSSR count). The Balaban J connectivity index is 1.23. The van der Waals surface area contributed by atoms with Gasteiger partial charge in [0.25, 0.3) is 0 Å². The Morgan fingerprint density at radius 3 is 2.68 bits per heavy atom. The van der Waals surface area contributed by atoms with E-state index in [0.717, 1.165) is 62.3 Å². The van der Waals surface area contributed by atoms with Crippen LogP contribution in [0.25, 0.3) is 11.0 Å². The number of likely N-dealkylation sites (tertiary alicyclic amines) is 1. The molecule has 5 nitrogen and oxygen atoms in total. The van der Waals surface area contributed by atoms with Crippen molar-refractivity contribution in [1.82, 2.24) is 15.4 Å². The summed E-state index contributed by atoms with van der Waals surface area (Å²) in [5.41, 5.74) is 1.60. The van der Waals surface area contributed by atoms with E-state index < -0.39 is 0 Å². The van der Waals surface area contributed by atoms with Crippen LogP contribution in [0.4, 0.5) is 4.39 Å². The highest BCUT2D eigenvalue weighted by Crippen LogP contribution is 2.33. The van der Waals surface area contributed by atoms with E-state index in [9.17, 15) is 9.18 Å². The monoisotopic (exact) mass is 387 g/mol. The molecule has 0 spiro atoms. The van der Waals surface area contributed by atoms with E-state index in [-0.39, 0.29) is 11.7 Å². The van der Waals surface area contributed by atoms with Crippen molar-refractivity contribution in [2.24, 2.45) is 5.92 Å². The van der Waals surface area contributed by atoms with Crippen molar-refractivity contribution in [3.05, 3.63) is 29.7 Å². The molecule has 0 bridgehead atoms. The largest absolute Gasteiger partial charge is 0.356 e. The number of rotatable bonds is 5. The normalized spacial score (nSPS) is 24.5. The molecule has 152 valence electrons. The second-order valence-corrected chi connectivity index (χ2v) is 8.53. The Morgan fingerprint density at radius 1 is 1.21 bits per heavy atom. The van der Waals surface area contributed by atoms with Gasteiger partial charge in [0.1, 0.15) is 5.82 Å². The molecule has 6 heteroatoms. The number of halogens is 1. The summed E-state index contributed by atoms with van der Waals surface area (Å²) in [4.78, 5) is 13.7. The number of aromatic nitrogens is 1. The first-order valence-electron chi connectivity index (χ1n) is 10.6. The first-order valence-corrected chi connectivity index (χ1v) is 10.6. The first kappa shape index (κ1) is 19.4. The maximum Gasteiger partial charge on any atom is 0.217 e. The lowest BCUT2D eigenvalue weighted by Gasteiger charge is -2.34. The van der Waals surface area contributed by atoms with Crippen molar-refractivity contribution in [2.75, 3.05) is 19.6 Å². The minimum absolute atomic E-state index is 0.0916. The van der Waals surface area contributed by atoms with E-state index >= 15 is 0 Å². The van der Waals surface area contributed by atoms with Gasteiger partial charge in [0.15, 0.2) is 5.58 Å². The highest BCUT2D eigenvalue weighted by molar-refractivity contribution is 5.79. The summed E-state index contributed by atoms with van der Waals surface area (Å²) >= 11 is 0. The number of hydrogen-bond donors (Lipinski definition) is 1. The second kappa shape index (κ2) is 8.60.